The third kappa shape index (κ3) is 4.17. The van der Waals surface area contributed by atoms with Crippen LogP contribution >= 0.6 is 0 Å². The van der Waals surface area contributed by atoms with Crippen LogP contribution in [0.2, 0.25) is 0 Å². The molecule has 0 aliphatic heterocycles. The molecule has 2 N–H and O–H groups in total. The third-order valence-electron chi connectivity index (χ3n) is 2.35. The molecule has 0 fully saturated rings. The second-order valence-electron chi connectivity index (χ2n) is 4.05. The van der Waals surface area contributed by atoms with E-state index in [0.717, 1.165) is 0 Å². The number of rotatable bonds is 5. The van der Waals surface area contributed by atoms with E-state index in [1.165, 1.54) is 6.07 Å². The number of carbonyl (C=O) groups is 2. The van der Waals surface area contributed by atoms with Crippen LogP contribution in [0.4, 0.5) is 11.4 Å². The smallest absolute Gasteiger partial charge is 0.344 e. The standard InChI is InChI=1S/C13H18N2O4/c1-4-18-12(16)8-19-13(17)10-7-9(14)5-6-11(10)15(2)3/h5-7H,4,8,14H2,1-3H3. The number of ether oxygens (including phenoxy) is 2. The van der Waals surface area contributed by atoms with Crippen LogP contribution in [0.15, 0.2) is 18.2 Å². The van der Waals surface area contributed by atoms with E-state index < -0.39 is 18.5 Å². The van der Waals surface area contributed by atoms with Crippen LogP contribution in [0.5, 0.6) is 0 Å². The van der Waals surface area contributed by atoms with Gasteiger partial charge in [-0.25, -0.2) is 9.59 Å². The first-order chi connectivity index (χ1) is 8.95. The highest BCUT2D eigenvalue weighted by atomic mass is 16.6. The van der Waals surface area contributed by atoms with Crippen LogP contribution < -0.4 is 10.6 Å². The van der Waals surface area contributed by atoms with Crippen molar-refractivity contribution in [2.75, 3.05) is 37.9 Å². The van der Waals surface area contributed by atoms with Gasteiger partial charge < -0.3 is 20.1 Å². The number of nitrogen functional groups attached to an aromatic ring is 1. The third-order valence-corrected chi connectivity index (χ3v) is 2.35. The van der Waals surface area contributed by atoms with Crippen LogP contribution in [-0.2, 0) is 14.3 Å². The van der Waals surface area contributed by atoms with E-state index in [2.05, 4.69) is 4.74 Å². The van der Waals surface area contributed by atoms with Crippen molar-refractivity contribution in [2.24, 2.45) is 0 Å². The summed E-state index contributed by atoms with van der Waals surface area (Å²) in [6.45, 7) is 1.52. The van der Waals surface area contributed by atoms with Crippen molar-refractivity contribution in [2.45, 2.75) is 6.92 Å². The van der Waals surface area contributed by atoms with E-state index in [0.29, 0.717) is 16.9 Å². The molecule has 0 aliphatic carbocycles. The monoisotopic (exact) mass is 266 g/mol. The van der Waals surface area contributed by atoms with Crippen molar-refractivity contribution >= 4 is 23.3 Å². The zero-order valence-electron chi connectivity index (χ0n) is 11.3. The Morgan fingerprint density at radius 3 is 2.53 bits per heavy atom. The molecule has 1 aromatic carbocycles. The van der Waals surface area contributed by atoms with Crippen molar-refractivity contribution < 1.29 is 19.1 Å². The van der Waals surface area contributed by atoms with Crippen LogP contribution in [-0.4, -0.2) is 39.2 Å². The summed E-state index contributed by atoms with van der Waals surface area (Å²) in [6.07, 6.45) is 0. The topological polar surface area (TPSA) is 81.9 Å². The van der Waals surface area contributed by atoms with E-state index in [-0.39, 0.29) is 6.61 Å². The summed E-state index contributed by atoms with van der Waals surface area (Å²) in [4.78, 5) is 24.8. The van der Waals surface area contributed by atoms with Gasteiger partial charge in [-0.3, -0.25) is 0 Å². The first-order valence-electron chi connectivity index (χ1n) is 5.85. The fourth-order valence-corrected chi connectivity index (χ4v) is 1.51. The summed E-state index contributed by atoms with van der Waals surface area (Å²) in [7, 11) is 3.60. The Morgan fingerprint density at radius 1 is 1.26 bits per heavy atom. The minimum Gasteiger partial charge on any atom is -0.463 e. The maximum Gasteiger partial charge on any atom is 0.344 e. The molecule has 19 heavy (non-hydrogen) atoms. The van der Waals surface area contributed by atoms with E-state index in [1.54, 1.807) is 38.1 Å². The molecule has 0 saturated heterocycles. The fraction of sp³-hybridized carbons (Fsp3) is 0.385. The minimum atomic E-state index is -0.607. The fourth-order valence-electron chi connectivity index (χ4n) is 1.51. The molecule has 6 heteroatoms. The Labute approximate surface area is 112 Å². The molecule has 0 bridgehead atoms. The summed E-state index contributed by atoms with van der Waals surface area (Å²) in [5.41, 5.74) is 7.09. The van der Waals surface area contributed by atoms with Crippen LogP contribution in [0.25, 0.3) is 0 Å². The van der Waals surface area contributed by atoms with Crippen LogP contribution in [0.1, 0.15) is 17.3 Å². The van der Waals surface area contributed by atoms with Crippen molar-refractivity contribution in [3.8, 4) is 0 Å². The summed E-state index contributed by atoms with van der Waals surface area (Å²) in [5, 5.41) is 0. The Kier molecular flexibility index (Phi) is 5.17. The number of benzene rings is 1. The predicted octanol–water partition coefficient (Wildman–Crippen LogP) is 1.05. The summed E-state index contributed by atoms with van der Waals surface area (Å²) in [5.74, 6) is -1.18. The molecule has 0 atom stereocenters. The molecule has 0 radical (unpaired) electrons. The van der Waals surface area contributed by atoms with Gasteiger partial charge in [0.15, 0.2) is 6.61 Å². The van der Waals surface area contributed by atoms with Gasteiger partial charge in [0, 0.05) is 19.8 Å². The van der Waals surface area contributed by atoms with Gasteiger partial charge in [-0.2, -0.15) is 0 Å². The lowest BCUT2D eigenvalue weighted by Gasteiger charge is -2.17. The first-order valence-corrected chi connectivity index (χ1v) is 5.85. The number of hydrogen-bond donors (Lipinski definition) is 1. The summed E-state index contributed by atoms with van der Waals surface area (Å²) < 4.78 is 9.57. The highest BCUT2D eigenvalue weighted by molar-refractivity contribution is 5.97. The molecular formula is C13H18N2O4. The van der Waals surface area contributed by atoms with Crippen LogP contribution in [0, 0.1) is 0 Å². The molecular weight excluding hydrogens is 248 g/mol. The molecule has 0 aromatic heterocycles. The Hall–Kier alpha value is -2.24. The largest absolute Gasteiger partial charge is 0.463 e. The molecule has 0 spiro atoms. The lowest BCUT2D eigenvalue weighted by molar-refractivity contribution is -0.146. The molecule has 0 saturated carbocycles. The summed E-state index contributed by atoms with van der Waals surface area (Å²) >= 11 is 0. The maximum absolute atomic E-state index is 11.9. The van der Waals surface area contributed by atoms with Gasteiger partial charge in [0.25, 0.3) is 0 Å². The van der Waals surface area contributed by atoms with Gasteiger partial charge in [0.1, 0.15) is 0 Å². The first kappa shape index (κ1) is 14.8. The number of carbonyl (C=O) groups excluding carboxylic acids is 2. The SMILES string of the molecule is CCOC(=O)COC(=O)c1cc(N)ccc1N(C)C. The van der Waals surface area contributed by atoms with Gasteiger partial charge in [-0.05, 0) is 25.1 Å². The molecule has 0 aliphatic rings. The number of nitrogens with zero attached hydrogens (tertiary/aromatic N) is 1. The van der Waals surface area contributed by atoms with E-state index in [4.69, 9.17) is 10.5 Å². The molecule has 1 aromatic rings. The van der Waals surface area contributed by atoms with Gasteiger partial charge in [-0.1, -0.05) is 0 Å². The number of esters is 2. The number of anilines is 2. The molecule has 1 rings (SSSR count). The summed E-state index contributed by atoms with van der Waals surface area (Å²) in [6, 6.07) is 4.93. The van der Waals surface area contributed by atoms with Crippen LogP contribution in [0.3, 0.4) is 0 Å². The number of hydrogen-bond acceptors (Lipinski definition) is 6. The van der Waals surface area contributed by atoms with Crippen molar-refractivity contribution in [1.29, 1.82) is 0 Å². The Morgan fingerprint density at radius 2 is 1.95 bits per heavy atom. The molecule has 6 nitrogen and oxygen atoms in total. The van der Waals surface area contributed by atoms with E-state index in [9.17, 15) is 9.59 Å². The molecule has 0 amide bonds. The zero-order chi connectivity index (χ0) is 14.4. The predicted molar refractivity (Wildman–Crippen MR) is 72.1 cm³/mol. The van der Waals surface area contributed by atoms with Gasteiger partial charge in [-0.15, -0.1) is 0 Å². The average molecular weight is 266 g/mol. The average Bonchev–Trinajstić information content (AvgIpc) is 2.35. The number of nitrogens with two attached hydrogens (primary N) is 1. The van der Waals surface area contributed by atoms with Crippen molar-refractivity contribution in [3.63, 3.8) is 0 Å². The Bertz CT molecular complexity index is 472. The van der Waals surface area contributed by atoms with Gasteiger partial charge in [0.2, 0.25) is 0 Å². The second-order valence-corrected chi connectivity index (χ2v) is 4.05. The van der Waals surface area contributed by atoms with Crippen molar-refractivity contribution in [3.05, 3.63) is 23.8 Å². The second kappa shape index (κ2) is 6.63. The van der Waals surface area contributed by atoms with E-state index >= 15 is 0 Å². The Balaban J connectivity index is 2.81. The van der Waals surface area contributed by atoms with Crippen molar-refractivity contribution in [1.82, 2.24) is 0 Å². The van der Waals surface area contributed by atoms with Gasteiger partial charge in [0.05, 0.1) is 17.9 Å². The normalized spacial score (nSPS) is 9.84. The maximum atomic E-state index is 11.9. The molecule has 0 unspecified atom stereocenters. The molecule has 0 heterocycles. The lowest BCUT2D eigenvalue weighted by atomic mass is 10.1. The zero-order valence-corrected chi connectivity index (χ0v) is 11.3. The quantitative estimate of drug-likeness (QED) is 0.633. The van der Waals surface area contributed by atoms with Gasteiger partial charge >= 0.3 is 11.9 Å². The highest BCUT2D eigenvalue weighted by Gasteiger charge is 2.16. The van der Waals surface area contributed by atoms with E-state index in [1.807, 2.05) is 0 Å². The molecule has 104 valence electrons. The minimum absolute atomic E-state index is 0.248. The lowest BCUT2D eigenvalue weighted by Crippen LogP contribution is -2.19. The highest BCUT2D eigenvalue weighted by Crippen LogP contribution is 2.22.